The van der Waals surface area contributed by atoms with Crippen LogP contribution in [0.4, 0.5) is 4.39 Å². The van der Waals surface area contributed by atoms with Crippen molar-refractivity contribution >= 4 is 0 Å². The summed E-state index contributed by atoms with van der Waals surface area (Å²) in [6.45, 7) is 5.16. The van der Waals surface area contributed by atoms with Crippen molar-refractivity contribution in [3.8, 4) is 0 Å². The Morgan fingerprint density at radius 2 is 2.04 bits per heavy atom. The van der Waals surface area contributed by atoms with E-state index in [0.29, 0.717) is 19.0 Å². The quantitative estimate of drug-likeness (QED) is 0.695. The molecule has 27 heavy (non-hydrogen) atoms. The first kappa shape index (κ1) is 17.9. The number of likely N-dealkylation sites (tertiary alicyclic amines) is 1. The summed E-state index contributed by atoms with van der Waals surface area (Å²) in [5.74, 6) is 3.10. The molecule has 0 amide bonds. The molecule has 0 spiro atoms. The fraction of sp³-hybridized carbons (Fsp3) is 0.450. The maximum atomic E-state index is 14.0. The topological polar surface area (TPSA) is 51.8 Å². The zero-order chi connectivity index (χ0) is 18.8. The van der Waals surface area contributed by atoms with Gasteiger partial charge in [-0.1, -0.05) is 18.2 Å². The van der Waals surface area contributed by atoms with Gasteiger partial charge in [-0.05, 0) is 32.4 Å². The number of halogens is 1. The molecular weight excluding hydrogens is 343 g/mol. The van der Waals surface area contributed by atoms with Gasteiger partial charge in [0, 0.05) is 44.0 Å². The second kappa shape index (κ2) is 7.60. The number of imidazole rings is 1. The van der Waals surface area contributed by atoms with Crippen LogP contribution in [-0.2, 0) is 20.1 Å². The summed E-state index contributed by atoms with van der Waals surface area (Å²) >= 11 is 0. The van der Waals surface area contributed by atoms with Gasteiger partial charge >= 0.3 is 0 Å². The van der Waals surface area contributed by atoms with Gasteiger partial charge in [0.2, 0.25) is 0 Å². The zero-order valence-corrected chi connectivity index (χ0v) is 15.8. The molecule has 1 aliphatic rings. The molecule has 2 aromatic heterocycles. The molecule has 1 aromatic carbocycles. The monoisotopic (exact) mass is 368 g/mol. The third-order valence-corrected chi connectivity index (χ3v) is 5.46. The van der Waals surface area contributed by atoms with Crippen molar-refractivity contribution in [1.82, 2.24) is 29.2 Å². The molecule has 1 fully saturated rings. The van der Waals surface area contributed by atoms with Crippen LogP contribution in [0.1, 0.15) is 41.8 Å². The second-order valence-electron chi connectivity index (χ2n) is 7.30. The average molecular weight is 368 g/mol. The molecule has 0 N–H and O–H groups in total. The van der Waals surface area contributed by atoms with Gasteiger partial charge in [0.1, 0.15) is 17.5 Å². The molecule has 6 nitrogen and oxygen atoms in total. The molecular formula is C20H25FN6. The van der Waals surface area contributed by atoms with Crippen LogP contribution in [0.5, 0.6) is 0 Å². The Hall–Kier alpha value is -2.54. The normalized spacial score (nSPS) is 18.1. The van der Waals surface area contributed by atoms with Crippen molar-refractivity contribution in [3.05, 3.63) is 65.5 Å². The number of hydrogen-bond donors (Lipinski definition) is 0. The van der Waals surface area contributed by atoms with E-state index >= 15 is 0 Å². The maximum absolute atomic E-state index is 14.0. The average Bonchev–Trinajstić information content (AvgIpc) is 3.24. The summed E-state index contributed by atoms with van der Waals surface area (Å²) in [5, 5.41) is 8.90. The fourth-order valence-corrected chi connectivity index (χ4v) is 3.87. The van der Waals surface area contributed by atoms with Gasteiger partial charge in [0.25, 0.3) is 0 Å². The van der Waals surface area contributed by atoms with Crippen molar-refractivity contribution < 1.29 is 4.39 Å². The van der Waals surface area contributed by atoms with E-state index in [1.165, 1.54) is 6.07 Å². The standard InChI is InChI=1S/C20H25FN6/c1-15-22-9-11-27(15)14-19-23-24-20(25(19)2)17-7-5-10-26(13-17)12-16-6-3-4-8-18(16)21/h3-4,6,8-9,11,17H,5,7,10,12-14H2,1-2H3. The van der Waals surface area contributed by atoms with Crippen LogP contribution in [0.3, 0.4) is 0 Å². The van der Waals surface area contributed by atoms with Gasteiger partial charge in [-0.25, -0.2) is 9.37 Å². The first-order valence-electron chi connectivity index (χ1n) is 9.43. The lowest BCUT2D eigenvalue weighted by Gasteiger charge is -2.32. The van der Waals surface area contributed by atoms with Gasteiger partial charge in [-0.3, -0.25) is 4.90 Å². The Bertz CT molecular complexity index is 915. The summed E-state index contributed by atoms with van der Waals surface area (Å²) in [6, 6.07) is 7.03. The highest BCUT2D eigenvalue weighted by Crippen LogP contribution is 2.27. The number of benzene rings is 1. The SMILES string of the molecule is Cc1nccn1Cc1nnc(C2CCCN(Cc3ccccc3F)C2)n1C. The van der Waals surface area contributed by atoms with E-state index in [4.69, 9.17) is 0 Å². The number of hydrogen-bond acceptors (Lipinski definition) is 4. The molecule has 1 atom stereocenters. The fourth-order valence-electron chi connectivity index (χ4n) is 3.87. The summed E-state index contributed by atoms with van der Waals surface area (Å²) < 4.78 is 18.2. The first-order chi connectivity index (χ1) is 13.1. The van der Waals surface area contributed by atoms with E-state index in [2.05, 4.69) is 29.2 Å². The van der Waals surface area contributed by atoms with Gasteiger partial charge in [0.05, 0.1) is 6.54 Å². The molecule has 3 heterocycles. The molecule has 1 saturated heterocycles. The summed E-state index contributed by atoms with van der Waals surface area (Å²) in [6.07, 6.45) is 5.93. The van der Waals surface area contributed by atoms with Crippen molar-refractivity contribution in [2.45, 2.75) is 38.8 Å². The van der Waals surface area contributed by atoms with E-state index in [-0.39, 0.29) is 5.82 Å². The minimum absolute atomic E-state index is 0.128. The lowest BCUT2D eigenvalue weighted by Crippen LogP contribution is -2.35. The van der Waals surface area contributed by atoms with Gasteiger partial charge in [-0.2, -0.15) is 0 Å². The number of nitrogens with zero attached hydrogens (tertiary/aromatic N) is 6. The predicted octanol–water partition coefficient (Wildman–Crippen LogP) is 2.89. The molecule has 0 aliphatic carbocycles. The van der Waals surface area contributed by atoms with E-state index in [1.54, 1.807) is 12.3 Å². The van der Waals surface area contributed by atoms with E-state index in [9.17, 15) is 4.39 Å². The minimum atomic E-state index is -0.128. The molecule has 1 unspecified atom stereocenters. The van der Waals surface area contributed by atoms with E-state index < -0.39 is 0 Å². The summed E-state index contributed by atoms with van der Waals surface area (Å²) in [4.78, 5) is 6.58. The van der Waals surface area contributed by atoms with Crippen LogP contribution in [-0.4, -0.2) is 42.3 Å². The Kier molecular flexibility index (Phi) is 5.03. The molecule has 0 bridgehead atoms. The van der Waals surface area contributed by atoms with Crippen LogP contribution in [0, 0.1) is 12.7 Å². The second-order valence-corrected chi connectivity index (χ2v) is 7.30. The molecule has 7 heteroatoms. The molecule has 4 rings (SSSR count). The third kappa shape index (κ3) is 3.78. The Labute approximate surface area is 158 Å². The summed E-state index contributed by atoms with van der Waals surface area (Å²) in [7, 11) is 2.03. The number of rotatable bonds is 5. The number of piperidine rings is 1. The van der Waals surface area contributed by atoms with Crippen LogP contribution in [0.15, 0.2) is 36.7 Å². The Morgan fingerprint density at radius 1 is 1.19 bits per heavy atom. The van der Waals surface area contributed by atoms with Crippen LogP contribution >= 0.6 is 0 Å². The highest BCUT2D eigenvalue weighted by atomic mass is 19.1. The zero-order valence-electron chi connectivity index (χ0n) is 15.8. The predicted molar refractivity (Wildman–Crippen MR) is 101 cm³/mol. The Morgan fingerprint density at radius 3 is 2.81 bits per heavy atom. The van der Waals surface area contributed by atoms with Gasteiger partial charge in [0.15, 0.2) is 5.82 Å². The van der Waals surface area contributed by atoms with Crippen LogP contribution in [0.2, 0.25) is 0 Å². The van der Waals surface area contributed by atoms with Crippen molar-refractivity contribution in [1.29, 1.82) is 0 Å². The van der Waals surface area contributed by atoms with E-state index in [1.807, 2.05) is 32.3 Å². The molecule has 1 aliphatic heterocycles. The number of aromatic nitrogens is 5. The third-order valence-electron chi connectivity index (χ3n) is 5.46. The highest BCUT2D eigenvalue weighted by Gasteiger charge is 2.26. The van der Waals surface area contributed by atoms with Crippen molar-refractivity contribution in [3.63, 3.8) is 0 Å². The first-order valence-corrected chi connectivity index (χ1v) is 9.43. The molecule has 0 radical (unpaired) electrons. The largest absolute Gasteiger partial charge is 0.328 e. The van der Waals surface area contributed by atoms with E-state index in [0.717, 1.165) is 49.0 Å². The smallest absolute Gasteiger partial charge is 0.152 e. The van der Waals surface area contributed by atoms with Gasteiger partial charge in [-0.15, -0.1) is 10.2 Å². The van der Waals surface area contributed by atoms with Crippen LogP contribution in [0.25, 0.3) is 0 Å². The Balaban J connectivity index is 1.47. The van der Waals surface area contributed by atoms with Crippen LogP contribution < -0.4 is 0 Å². The highest BCUT2D eigenvalue weighted by molar-refractivity contribution is 5.17. The minimum Gasteiger partial charge on any atom is -0.328 e. The molecule has 0 saturated carbocycles. The molecule has 142 valence electrons. The number of aryl methyl sites for hydroxylation is 1. The lowest BCUT2D eigenvalue weighted by atomic mass is 9.96. The maximum Gasteiger partial charge on any atom is 0.152 e. The van der Waals surface area contributed by atoms with Crippen molar-refractivity contribution in [2.24, 2.45) is 7.05 Å². The van der Waals surface area contributed by atoms with Gasteiger partial charge < -0.3 is 9.13 Å². The van der Waals surface area contributed by atoms with Crippen molar-refractivity contribution in [2.75, 3.05) is 13.1 Å². The summed E-state index contributed by atoms with van der Waals surface area (Å²) in [5.41, 5.74) is 0.757. The molecule has 3 aromatic rings. The lowest BCUT2D eigenvalue weighted by molar-refractivity contribution is 0.193.